The van der Waals surface area contributed by atoms with Crippen LogP contribution in [-0.2, 0) is 0 Å². The molecule has 4 nitrogen and oxygen atoms in total. The molecule has 0 amide bonds. The summed E-state index contributed by atoms with van der Waals surface area (Å²) in [6.45, 7) is 2.02. The monoisotopic (exact) mass is 344 g/mol. The van der Waals surface area contributed by atoms with Crippen molar-refractivity contribution in [3.05, 3.63) is 46.6 Å². The molecular weight excluding hydrogens is 328 g/mol. The maximum atomic E-state index is 6.31. The van der Waals surface area contributed by atoms with Crippen molar-refractivity contribution in [2.75, 3.05) is 24.7 Å². The molecule has 0 aliphatic carbocycles. The number of hydrogen-bond donors (Lipinski definition) is 1. The molecule has 0 aliphatic heterocycles. The number of benzene rings is 1. The average Bonchev–Trinajstić information content (AvgIpc) is 2.81. The van der Waals surface area contributed by atoms with Crippen LogP contribution in [0, 0.1) is 6.92 Å². The maximum absolute atomic E-state index is 6.31. The first-order chi connectivity index (χ1) is 9.99. The van der Waals surface area contributed by atoms with Gasteiger partial charge in [-0.2, -0.15) is 0 Å². The maximum Gasteiger partial charge on any atom is 0.139 e. The number of hydrogen-bond acceptors (Lipinski definition) is 3. The van der Waals surface area contributed by atoms with Crippen LogP contribution in [0.2, 0.25) is 0 Å². The predicted molar refractivity (Wildman–Crippen MR) is 91.8 cm³/mol. The van der Waals surface area contributed by atoms with Gasteiger partial charge in [0.25, 0.3) is 0 Å². The Morgan fingerprint density at radius 3 is 2.38 bits per heavy atom. The number of pyridine rings is 1. The number of anilines is 2. The van der Waals surface area contributed by atoms with E-state index in [1.54, 1.807) is 0 Å². The minimum Gasteiger partial charge on any atom is -0.383 e. The van der Waals surface area contributed by atoms with Gasteiger partial charge in [0.05, 0.1) is 0 Å². The number of nitrogens with zero attached hydrogens (tertiary/aromatic N) is 3. The van der Waals surface area contributed by atoms with Gasteiger partial charge < -0.3 is 10.6 Å². The highest BCUT2D eigenvalue weighted by molar-refractivity contribution is 9.10. The highest BCUT2D eigenvalue weighted by Gasteiger charge is 2.14. The summed E-state index contributed by atoms with van der Waals surface area (Å²) >= 11 is 3.53. The summed E-state index contributed by atoms with van der Waals surface area (Å²) < 4.78 is 2.99. The predicted octanol–water partition coefficient (Wildman–Crippen LogP) is 3.72. The van der Waals surface area contributed by atoms with Crippen molar-refractivity contribution in [1.29, 1.82) is 0 Å². The lowest BCUT2D eigenvalue weighted by Gasteiger charge is -2.12. The van der Waals surface area contributed by atoms with Crippen molar-refractivity contribution >= 4 is 33.1 Å². The lowest BCUT2D eigenvalue weighted by atomic mass is 10.1. The van der Waals surface area contributed by atoms with Gasteiger partial charge in [-0.1, -0.05) is 12.1 Å². The summed E-state index contributed by atoms with van der Waals surface area (Å²) in [6.07, 6.45) is 0. The Bertz CT molecular complexity index is 803. The van der Waals surface area contributed by atoms with Crippen molar-refractivity contribution in [2.24, 2.45) is 0 Å². The van der Waals surface area contributed by atoms with Crippen molar-refractivity contribution < 1.29 is 0 Å². The third-order valence-electron chi connectivity index (χ3n) is 3.66. The Morgan fingerprint density at radius 2 is 1.76 bits per heavy atom. The van der Waals surface area contributed by atoms with Crippen molar-refractivity contribution in [1.82, 2.24) is 9.38 Å². The topological polar surface area (TPSA) is 46.6 Å². The summed E-state index contributed by atoms with van der Waals surface area (Å²) in [5, 5.41) is 0. The zero-order chi connectivity index (χ0) is 15.1. The molecule has 0 bridgehead atoms. The number of aryl methyl sites for hydroxylation is 1. The van der Waals surface area contributed by atoms with E-state index in [2.05, 4.69) is 50.1 Å². The molecule has 0 saturated carbocycles. The van der Waals surface area contributed by atoms with Gasteiger partial charge in [-0.15, -0.1) is 0 Å². The molecule has 1 aromatic carbocycles. The van der Waals surface area contributed by atoms with Crippen LogP contribution in [0.1, 0.15) is 5.69 Å². The standard InChI is InChI=1S/C16H17BrN4/c1-10-13(17)8-9-14-19-15(16(18)21(10)14)11-4-6-12(7-5-11)20(2)3/h4-9H,18H2,1-3H3. The molecule has 108 valence electrons. The Hall–Kier alpha value is -2.01. The van der Waals surface area contributed by atoms with Crippen molar-refractivity contribution in [3.8, 4) is 11.3 Å². The van der Waals surface area contributed by atoms with Crippen LogP contribution in [0.5, 0.6) is 0 Å². The molecule has 0 saturated heterocycles. The first-order valence-corrected chi connectivity index (χ1v) is 7.49. The number of nitrogens with two attached hydrogens (primary N) is 1. The van der Waals surface area contributed by atoms with Crippen LogP contribution in [0.4, 0.5) is 11.5 Å². The van der Waals surface area contributed by atoms with Crippen LogP contribution < -0.4 is 10.6 Å². The minimum atomic E-state index is 0.668. The van der Waals surface area contributed by atoms with Crippen molar-refractivity contribution in [3.63, 3.8) is 0 Å². The van der Waals surface area contributed by atoms with Crippen LogP contribution in [-0.4, -0.2) is 23.5 Å². The van der Waals surface area contributed by atoms with E-state index in [1.165, 1.54) is 0 Å². The fourth-order valence-electron chi connectivity index (χ4n) is 2.42. The van der Waals surface area contributed by atoms with Gasteiger partial charge >= 0.3 is 0 Å². The van der Waals surface area contributed by atoms with Gasteiger partial charge in [-0.05, 0) is 47.1 Å². The summed E-state index contributed by atoms with van der Waals surface area (Å²) in [5.41, 5.74) is 11.2. The molecule has 2 aromatic heterocycles. The number of fused-ring (bicyclic) bond motifs is 1. The minimum absolute atomic E-state index is 0.668. The number of halogens is 1. The Labute approximate surface area is 132 Å². The van der Waals surface area contributed by atoms with E-state index >= 15 is 0 Å². The van der Waals surface area contributed by atoms with Gasteiger partial charge in [0, 0.05) is 35.5 Å². The third-order valence-corrected chi connectivity index (χ3v) is 4.49. The van der Waals surface area contributed by atoms with E-state index in [-0.39, 0.29) is 0 Å². The number of aromatic nitrogens is 2. The normalized spacial score (nSPS) is 11.0. The molecule has 2 heterocycles. The van der Waals surface area contributed by atoms with Crippen LogP contribution in [0.25, 0.3) is 16.9 Å². The van der Waals surface area contributed by atoms with E-state index in [9.17, 15) is 0 Å². The first-order valence-electron chi connectivity index (χ1n) is 6.70. The van der Waals surface area contributed by atoms with E-state index in [0.717, 1.165) is 32.8 Å². The fourth-order valence-corrected chi connectivity index (χ4v) is 2.73. The number of imidazole rings is 1. The largest absolute Gasteiger partial charge is 0.383 e. The molecule has 0 radical (unpaired) electrons. The van der Waals surface area contributed by atoms with Gasteiger partial charge in [-0.3, -0.25) is 4.40 Å². The lowest BCUT2D eigenvalue weighted by molar-refractivity contribution is 1.09. The molecule has 5 heteroatoms. The van der Waals surface area contributed by atoms with E-state index in [4.69, 9.17) is 5.73 Å². The van der Waals surface area contributed by atoms with Crippen LogP contribution >= 0.6 is 15.9 Å². The Morgan fingerprint density at radius 1 is 1.10 bits per heavy atom. The smallest absolute Gasteiger partial charge is 0.139 e. The quantitative estimate of drug-likeness (QED) is 0.770. The molecule has 2 N–H and O–H groups in total. The third kappa shape index (κ3) is 2.27. The number of rotatable bonds is 2. The van der Waals surface area contributed by atoms with Gasteiger partial charge in [-0.25, -0.2) is 4.98 Å². The highest BCUT2D eigenvalue weighted by atomic mass is 79.9. The molecule has 0 aliphatic rings. The fraction of sp³-hybridized carbons (Fsp3) is 0.188. The van der Waals surface area contributed by atoms with Gasteiger partial charge in [0.15, 0.2) is 0 Å². The summed E-state index contributed by atoms with van der Waals surface area (Å²) in [4.78, 5) is 6.73. The lowest BCUT2D eigenvalue weighted by Crippen LogP contribution is -2.07. The summed E-state index contributed by atoms with van der Waals surface area (Å²) in [5.74, 6) is 0.668. The second-order valence-corrected chi connectivity index (χ2v) is 6.10. The molecule has 0 atom stereocenters. The van der Waals surface area contributed by atoms with Crippen LogP contribution in [0.3, 0.4) is 0 Å². The molecule has 21 heavy (non-hydrogen) atoms. The first kappa shape index (κ1) is 13.9. The molecule has 3 aromatic rings. The van der Waals surface area contributed by atoms with Crippen molar-refractivity contribution in [2.45, 2.75) is 6.92 Å². The zero-order valence-corrected chi connectivity index (χ0v) is 13.8. The Kier molecular flexibility index (Phi) is 3.37. The van der Waals surface area contributed by atoms with E-state index in [0.29, 0.717) is 5.82 Å². The summed E-state index contributed by atoms with van der Waals surface area (Å²) in [6, 6.07) is 12.2. The Balaban J connectivity index is 2.17. The highest BCUT2D eigenvalue weighted by Crippen LogP contribution is 2.30. The number of nitrogen functional groups attached to an aromatic ring is 1. The second kappa shape index (κ2) is 5.07. The van der Waals surface area contributed by atoms with Gasteiger partial charge in [0.2, 0.25) is 0 Å². The van der Waals surface area contributed by atoms with Crippen LogP contribution in [0.15, 0.2) is 40.9 Å². The average molecular weight is 345 g/mol. The van der Waals surface area contributed by atoms with E-state index in [1.807, 2.05) is 37.6 Å². The SMILES string of the molecule is Cc1c(Br)ccc2nc(-c3ccc(N(C)C)cc3)c(N)n12. The zero-order valence-electron chi connectivity index (χ0n) is 12.3. The molecular formula is C16H17BrN4. The van der Waals surface area contributed by atoms with E-state index < -0.39 is 0 Å². The molecule has 0 unspecified atom stereocenters. The molecule has 0 spiro atoms. The second-order valence-electron chi connectivity index (χ2n) is 5.25. The molecule has 3 rings (SSSR count). The molecule has 0 fully saturated rings. The van der Waals surface area contributed by atoms with Gasteiger partial charge in [0.1, 0.15) is 17.2 Å². The summed E-state index contributed by atoms with van der Waals surface area (Å²) in [7, 11) is 4.05.